The van der Waals surface area contributed by atoms with Crippen molar-refractivity contribution in [3.63, 3.8) is 0 Å². The van der Waals surface area contributed by atoms with Gasteiger partial charge >= 0.3 is 6.09 Å². The second kappa shape index (κ2) is 10.5. The molecule has 33 heavy (non-hydrogen) atoms. The maximum atomic E-state index is 13.0. The first-order chi connectivity index (χ1) is 15.1. The van der Waals surface area contributed by atoms with Crippen LogP contribution in [0.15, 0.2) is 4.99 Å². The molecule has 0 radical (unpaired) electrons. The van der Waals surface area contributed by atoms with Crippen LogP contribution in [0.5, 0.6) is 0 Å². The van der Waals surface area contributed by atoms with E-state index in [9.17, 15) is 4.79 Å². The number of hydrogen-bond donors (Lipinski definition) is 1. The SMILES string of the molecule is CCN=C(NC1C2CCOC2C1(C)C)N1CCC(N(CC2CC2)C(=O)OC(C)(C)C)CC1.I. The lowest BCUT2D eigenvalue weighted by molar-refractivity contribution is -0.107. The maximum absolute atomic E-state index is 13.0. The lowest BCUT2D eigenvalue weighted by atomic mass is 9.57. The zero-order valence-electron chi connectivity index (χ0n) is 21.4. The summed E-state index contributed by atoms with van der Waals surface area (Å²) in [6.07, 6.45) is 5.75. The molecule has 2 aliphatic carbocycles. The predicted molar refractivity (Wildman–Crippen MR) is 142 cm³/mol. The Hall–Kier alpha value is -0.770. The minimum absolute atomic E-state index is 0. The fourth-order valence-electron chi connectivity index (χ4n) is 5.80. The summed E-state index contributed by atoms with van der Waals surface area (Å²) in [6.45, 7) is 16.9. The third-order valence-electron chi connectivity index (χ3n) is 7.68. The molecule has 0 aromatic carbocycles. The molecule has 8 heteroatoms. The summed E-state index contributed by atoms with van der Waals surface area (Å²) < 4.78 is 11.7. The number of ether oxygens (including phenoxy) is 2. The van der Waals surface area contributed by atoms with E-state index >= 15 is 0 Å². The summed E-state index contributed by atoms with van der Waals surface area (Å²) in [5, 5.41) is 3.82. The third-order valence-corrected chi connectivity index (χ3v) is 7.68. The number of piperidine rings is 1. The van der Waals surface area contributed by atoms with Crippen LogP contribution in [0.2, 0.25) is 0 Å². The number of rotatable bonds is 5. The average Bonchev–Trinajstić information content (AvgIpc) is 3.42. The number of likely N-dealkylation sites (tertiary alicyclic amines) is 1. The lowest BCUT2D eigenvalue weighted by Gasteiger charge is -2.55. The predicted octanol–water partition coefficient (Wildman–Crippen LogP) is 4.49. The molecule has 3 atom stereocenters. The van der Waals surface area contributed by atoms with Crippen molar-refractivity contribution in [3.8, 4) is 0 Å². The molecule has 1 amide bonds. The van der Waals surface area contributed by atoms with E-state index in [1.807, 2.05) is 25.7 Å². The van der Waals surface area contributed by atoms with Crippen molar-refractivity contribution in [1.29, 1.82) is 0 Å². The van der Waals surface area contributed by atoms with E-state index in [4.69, 9.17) is 14.5 Å². The van der Waals surface area contributed by atoms with Crippen LogP contribution in [0.1, 0.15) is 73.6 Å². The Morgan fingerprint density at radius 1 is 1.18 bits per heavy atom. The fourth-order valence-corrected chi connectivity index (χ4v) is 5.80. The van der Waals surface area contributed by atoms with Gasteiger partial charge in [0, 0.05) is 56.2 Å². The largest absolute Gasteiger partial charge is 0.444 e. The number of guanidine groups is 1. The first kappa shape index (κ1) is 26.8. The van der Waals surface area contributed by atoms with Crippen molar-refractivity contribution in [2.75, 3.05) is 32.8 Å². The van der Waals surface area contributed by atoms with Gasteiger partial charge in [0.15, 0.2) is 5.96 Å². The molecule has 3 unspecified atom stereocenters. The highest BCUT2D eigenvalue weighted by Crippen LogP contribution is 2.52. The average molecular weight is 577 g/mol. The Morgan fingerprint density at radius 2 is 1.85 bits per heavy atom. The quantitative estimate of drug-likeness (QED) is 0.297. The first-order valence-electron chi connectivity index (χ1n) is 12.8. The van der Waals surface area contributed by atoms with Gasteiger partial charge in [0.1, 0.15) is 5.60 Å². The van der Waals surface area contributed by atoms with Crippen LogP contribution in [0, 0.1) is 17.3 Å². The number of nitrogens with zero attached hydrogens (tertiary/aromatic N) is 3. The van der Waals surface area contributed by atoms with Gasteiger partial charge in [-0.2, -0.15) is 0 Å². The third kappa shape index (κ3) is 6.08. The Kier molecular flexibility index (Phi) is 8.51. The summed E-state index contributed by atoms with van der Waals surface area (Å²) in [4.78, 5) is 22.2. The molecule has 0 aromatic rings. The van der Waals surface area contributed by atoms with Crippen LogP contribution >= 0.6 is 24.0 Å². The van der Waals surface area contributed by atoms with Gasteiger partial charge in [-0.05, 0) is 65.7 Å². The van der Waals surface area contributed by atoms with Crippen LogP contribution < -0.4 is 5.32 Å². The van der Waals surface area contributed by atoms with Crippen molar-refractivity contribution in [1.82, 2.24) is 15.1 Å². The Balaban J connectivity index is 0.00000306. The monoisotopic (exact) mass is 576 g/mol. The summed E-state index contributed by atoms with van der Waals surface area (Å²) >= 11 is 0. The van der Waals surface area contributed by atoms with Gasteiger partial charge < -0.3 is 24.6 Å². The van der Waals surface area contributed by atoms with E-state index in [1.165, 1.54) is 12.8 Å². The highest BCUT2D eigenvalue weighted by atomic mass is 127. The van der Waals surface area contributed by atoms with Crippen LogP contribution in [-0.2, 0) is 9.47 Å². The standard InChI is InChI=1S/C25H44N4O3.HI/c1-7-26-22(27-20-19-12-15-31-21(19)25(20,5)6)28-13-10-18(11-14-28)29(16-17-8-9-17)23(30)32-24(2,3)4;/h17-21H,7-16H2,1-6H3,(H,26,27);1H. The molecule has 1 N–H and O–H groups in total. The van der Waals surface area contributed by atoms with E-state index in [-0.39, 0.29) is 41.5 Å². The molecule has 0 bridgehead atoms. The molecule has 2 heterocycles. The van der Waals surface area contributed by atoms with Crippen molar-refractivity contribution in [2.45, 2.75) is 97.4 Å². The van der Waals surface area contributed by atoms with Crippen LogP contribution in [0.4, 0.5) is 4.79 Å². The van der Waals surface area contributed by atoms with Gasteiger partial charge in [-0.1, -0.05) is 13.8 Å². The normalized spacial score (nSPS) is 29.6. The highest BCUT2D eigenvalue weighted by molar-refractivity contribution is 14.0. The molecule has 0 spiro atoms. The second-order valence-electron chi connectivity index (χ2n) is 11.8. The zero-order valence-corrected chi connectivity index (χ0v) is 23.8. The maximum Gasteiger partial charge on any atom is 0.410 e. The fraction of sp³-hybridized carbons (Fsp3) is 0.920. The Bertz CT molecular complexity index is 711. The minimum atomic E-state index is -0.456. The number of nitrogens with one attached hydrogen (secondary N) is 1. The number of halogens is 1. The molecular formula is C25H45IN4O3. The van der Waals surface area contributed by atoms with Crippen molar-refractivity contribution in [3.05, 3.63) is 0 Å². The van der Waals surface area contributed by atoms with Gasteiger partial charge in [0.2, 0.25) is 0 Å². The lowest BCUT2D eigenvalue weighted by Crippen LogP contribution is -2.68. The topological polar surface area (TPSA) is 66.4 Å². The zero-order chi connectivity index (χ0) is 23.1. The summed E-state index contributed by atoms with van der Waals surface area (Å²) in [6, 6.07) is 0.656. The molecule has 2 aliphatic heterocycles. The van der Waals surface area contributed by atoms with Gasteiger partial charge in [0.25, 0.3) is 0 Å². The molecule has 0 aromatic heterocycles. The van der Waals surface area contributed by atoms with Crippen LogP contribution in [0.3, 0.4) is 0 Å². The van der Waals surface area contributed by atoms with Crippen molar-refractivity contribution in [2.24, 2.45) is 22.2 Å². The highest BCUT2D eigenvalue weighted by Gasteiger charge is 2.59. The first-order valence-corrected chi connectivity index (χ1v) is 12.8. The van der Waals surface area contributed by atoms with Gasteiger partial charge in [0.05, 0.1) is 6.10 Å². The Labute approximate surface area is 217 Å². The number of aliphatic imine (C=N–C) groups is 1. The number of carbonyl (C=O) groups excluding carboxylic acids is 1. The van der Waals surface area contributed by atoms with Crippen LogP contribution in [0.25, 0.3) is 0 Å². The van der Waals surface area contributed by atoms with E-state index in [0.29, 0.717) is 24.0 Å². The molecule has 190 valence electrons. The van der Waals surface area contributed by atoms with Gasteiger partial charge in [-0.25, -0.2) is 4.79 Å². The van der Waals surface area contributed by atoms with Crippen LogP contribution in [-0.4, -0.2) is 78.4 Å². The molecule has 4 aliphatic rings. The van der Waals surface area contributed by atoms with E-state index in [1.54, 1.807) is 0 Å². The van der Waals surface area contributed by atoms with E-state index < -0.39 is 5.60 Å². The molecule has 7 nitrogen and oxygen atoms in total. The summed E-state index contributed by atoms with van der Waals surface area (Å²) in [5.74, 6) is 2.27. The molecule has 2 saturated heterocycles. The number of fused-ring (bicyclic) bond motifs is 1. The molecule has 4 rings (SSSR count). The molecule has 4 fully saturated rings. The van der Waals surface area contributed by atoms with Gasteiger partial charge in [-0.3, -0.25) is 4.99 Å². The molecular weight excluding hydrogens is 531 g/mol. The van der Waals surface area contributed by atoms with E-state index in [2.05, 4.69) is 31.0 Å². The number of carbonyl (C=O) groups is 1. The second-order valence-corrected chi connectivity index (χ2v) is 11.8. The Morgan fingerprint density at radius 3 is 2.42 bits per heavy atom. The van der Waals surface area contributed by atoms with Crippen molar-refractivity contribution < 1.29 is 14.3 Å². The number of hydrogen-bond acceptors (Lipinski definition) is 4. The summed E-state index contributed by atoms with van der Waals surface area (Å²) in [5.41, 5.74) is -0.326. The van der Waals surface area contributed by atoms with E-state index in [0.717, 1.165) is 58.0 Å². The minimum Gasteiger partial charge on any atom is -0.444 e. The molecule has 2 saturated carbocycles. The number of amides is 1. The van der Waals surface area contributed by atoms with Crippen molar-refractivity contribution >= 4 is 36.0 Å². The summed E-state index contributed by atoms with van der Waals surface area (Å²) in [7, 11) is 0. The van der Waals surface area contributed by atoms with Gasteiger partial charge in [-0.15, -0.1) is 24.0 Å². The smallest absolute Gasteiger partial charge is 0.410 e.